The molecule has 0 saturated heterocycles. The standard InChI is InChI=1S/C8H11N3O/c1-5-10-6-3-2-4-9-8(12)7(6)11-5/h2-4H2,1H3,(H,9,12)(H,10,11). The van der Waals surface area contributed by atoms with Crippen molar-refractivity contribution < 1.29 is 4.79 Å². The molecule has 1 aromatic rings. The highest BCUT2D eigenvalue weighted by molar-refractivity contribution is 5.93. The van der Waals surface area contributed by atoms with Gasteiger partial charge in [0, 0.05) is 12.2 Å². The van der Waals surface area contributed by atoms with Gasteiger partial charge in [-0.1, -0.05) is 0 Å². The quantitative estimate of drug-likeness (QED) is 0.584. The molecule has 0 saturated carbocycles. The molecule has 1 aliphatic rings. The van der Waals surface area contributed by atoms with Crippen LogP contribution >= 0.6 is 0 Å². The minimum Gasteiger partial charge on any atom is -0.351 e. The van der Waals surface area contributed by atoms with Gasteiger partial charge in [0.05, 0.1) is 0 Å². The number of carbonyl (C=O) groups is 1. The van der Waals surface area contributed by atoms with Gasteiger partial charge in [0.15, 0.2) is 0 Å². The smallest absolute Gasteiger partial charge is 0.271 e. The summed E-state index contributed by atoms with van der Waals surface area (Å²) in [5.41, 5.74) is 1.55. The van der Waals surface area contributed by atoms with Crippen LogP contribution in [0.15, 0.2) is 0 Å². The Morgan fingerprint density at radius 1 is 1.50 bits per heavy atom. The topological polar surface area (TPSA) is 57.8 Å². The molecule has 4 nitrogen and oxygen atoms in total. The zero-order valence-electron chi connectivity index (χ0n) is 6.98. The van der Waals surface area contributed by atoms with Crippen molar-refractivity contribution >= 4 is 5.91 Å². The van der Waals surface area contributed by atoms with Crippen molar-refractivity contribution in [1.82, 2.24) is 15.3 Å². The van der Waals surface area contributed by atoms with Crippen molar-refractivity contribution in [2.75, 3.05) is 6.54 Å². The number of fused-ring (bicyclic) bond motifs is 1. The average molecular weight is 165 g/mol. The zero-order valence-corrected chi connectivity index (χ0v) is 6.98. The van der Waals surface area contributed by atoms with Gasteiger partial charge in [-0.15, -0.1) is 0 Å². The summed E-state index contributed by atoms with van der Waals surface area (Å²) in [6.45, 7) is 2.62. The number of imidazole rings is 1. The summed E-state index contributed by atoms with van der Waals surface area (Å²) in [6, 6.07) is 0. The number of rotatable bonds is 0. The molecule has 4 heteroatoms. The van der Waals surface area contributed by atoms with Crippen LogP contribution in [0.4, 0.5) is 0 Å². The van der Waals surface area contributed by atoms with Crippen LogP contribution in [0.2, 0.25) is 0 Å². The van der Waals surface area contributed by atoms with E-state index in [9.17, 15) is 4.79 Å². The van der Waals surface area contributed by atoms with E-state index in [0.29, 0.717) is 5.69 Å². The Labute approximate surface area is 70.4 Å². The van der Waals surface area contributed by atoms with Gasteiger partial charge in [0.2, 0.25) is 0 Å². The first kappa shape index (κ1) is 7.34. The molecule has 0 radical (unpaired) electrons. The molecule has 1 aliphatic heterocycles. The number of carbonyl (C=O) groups excluding carboxylic acids is 1. The predicted octanol–water partition coefficient (Wildman–Crippen LogP) is 0.394. The summed E-state index contributed by atoms with van der Waals surface area (Å²) in [5.74, 6) is 0.768. The van der Waals surface area contributed by atoms with Crippen LogP contribution in [0.5, 0.6) is 0 Å². The lowest BCUT2D eigenvalue weighted by Gasteiger charge is -1.95. The number of hydrogen-bond acceptors (Lipinski definition) is 2. The molecule has 0 spiro atoms. The molecule has 0 aliphatic carbocycles. The Morgan fingerprint density at radius 3 is 3.17 bits per heavy atom. The first-order valence-electron chi connectivity index (χ1n) is 4.11. The van der Waals surface area contributed by atoms with Crippen LogP contribution < -0.4 is 5.32 Å². The lowest BCUT2D eigenvalue weighted by Crippen LogP contribution is -2.23. The van der Waals surface area contributed by atoms with Gasteiger partial charge < -0.3 is 10.3 Å². The van der Waals surface area contributed by atoms with Gasteiger partial charge in [-0.3, -0.25) is 4.79 Å². The molecule has 0 fully saturated rings. The van der Waals surface area contributed by atoms with Crippen molar-refractivity contribution in [2.45, 2.75) is 19.8 Å². The third-order valence-electron chi connectivity index (χ3n) is 2.00. The summed E-state index contributed by atoms with van der Waals surface area (Å²) in [6.07, 6.45) is 1.90. The third kappa shape index (κ3) is 1.09. The normalized spacial score (nSPS) is 16.6. The van der Waals surface area contributed by atoms with E-state index in [4.69, 9.17) is 0 Å². The first-order chi connectivity index (χ1) is 5.77. The van der Waals surface area contributed by atoms with E-state index in [1.807, 2.05) is 6.92 Å². The monoisotopic (exact) mass is 165 g/mol. The van der Waals surface area contributed by atoms with Crippen molar-refractivity contribution in [3.8, 4) is 0 Å². The first-order valence-corrected chi connectivity index (χ1v) is 4.11. The largest absolute Gasteiger partial charge is 0.351 e. The molecule has 1 amide bonds. The van der Waals surface area contributed by atoms with Crippen molar-refractivity contribution in [3.05, 3.63) is 17.2 Å². The fourth-order valence-corrected chi connectivity index (χ4v) is 1.46. The summed E-state index contributed by atoms with van der Waals surface area (Å²) < 4.78 is 0. The molecule has 0 bridgehead atoms. The number of aromatic amines is 1. The van der Waals surface area contributed by atoms with Gasteiger partial charge in [0.25, 0.3) is 5.91 Å². The maximum absolute atomic E-state index is 11.3. The van der Waals surface area contributed by atoms with Crippen molar-refractivity contribution in [1.29, 1.82) is 0 Å². The number of aryl methyl sites for hydroxylation is 2. The van der Waals surface area contributed by atoms with Crippen molar-refractivity contribution in [3.63, 3.8) is 0 Å². The lowest BCUT2D eigenvalue weighted by molar-refractivity contribution is 0.0951. The Hall–Kier alpha value is -1.32. The predicted molar refractivity (Wildman–Crippen MR) is 44.0 cm³/mol. The van der Waals surface area contributed by atoms with Gasteiger partial charge in [-0.05, 0) is 19.8 Å². The minimum absolute atomic E-state index is 0.0492. The number of amides is 1. The van der Waals surface area contributed by atoms with Gasteiger partial charge in [-0.25, -0.2) is 4.98 Å². The van der Waals surface area contributed by atoms with Gasteiger partial charge >= 0.3 is 0 Å². The number of H-pyrrole nitrogens is 1. The summed E-state index contributed by atoms with van der Waals surface area (Å²) in [7, 11) is 0. The van der Waals surface area contributed by atoms with E-state index < -0.39 is 0 Å². The molecule has 2 heterocycles. The Bertz CT molecular complexity index is 316. The van der Waals surface area contributed by atoms with E-state index >= 15 is 0 Å². The fraction of sp³-hybridized carbons (Fsp3) is 0.500. The maximum Gasteiger partial charge on any atom is 0.271 e. The highest BCUT2D eigenvalue weighted by Gasteiger charge is 2.18. The van der Waals surface area contributed by atoms with Crippen LogP contribution in [0, 0.1) is 6.92 Å². The van der Waals surface area contributed by atoms with Gasteiger partial charge in [0.1, 0.15) is 11.5 Å². The molecule has 0 atom stereocenters. The summed E-state index contributed by atoms with van der Waals surface area (Å²) in [5, 5.41) is 2.79. The molecule has 12 heavy (non-hydrogen) atoms. The minimum atomic E-state index is -0.0492. The molecule has 2 N–H and O–H groups in total. The van der Waals surface area contributed by atoms with E-state index in [0.717, 1.165) is 30.9 Å². The lowest BCUT2D eigenvalue weighted by atomic mass is 10.2. The number of aromatic nitrogens is 2. The molecule has 0 unspecified atom stereocenters. The van der Waals surface area contributed by atoms with Crippen molar-refractivity contribution in [2.24, 2.45) is 0 Å². The van der Waals surface area contributed by atoms with Crippen LogP contribution in [0.25, 0.3) is 0 Å². The zero-order chi connectivity index (χ0) is 8.55. The molecular weight excluding hydrogens is 154 g/mol. The number of nitrogens with one attached hydrogen (secondary N) is 2. The molecular formula is C8H11N3O. The second-order valence-electron chi connectivity index (χ2n) is 3.01. The maximum atomic E-state index is 11.3. The molecule has 0 aromatic carbocycles. The second kappa shape index (κ2) is 2.62. The SMILES string of the molecule is Cc1nc2c([nH]1)CCCNC2=O. The summed E-state index contributed by atoms with van der Waals surface area (Å²) >= 11 is 0. The number of nitrogens with zero attached hydrogens (tertiary/aromatic N) is 1. The highest BCUT2D eigenvalue weighted by atomic mass is 16.1. The van der Waals surface area contributed by atoms with E-state index in [1.165, 1.54) is 0 Å². The van der Waals surface area contributed by atoms with Crippen LogP contribution in [-0.4, -0.2) is 22.4 Å². The second-order valence-corrected chi connectivity index (χ2v) is 3.01. The van der Waals surface area contributed by atoms with Gasteiger partial charge in [-0.2, -0.15) is 0 Å². The fourth-order valence-electron chi connectivity index (χ4n) is 1.46. The van der Waals surface area contributed by atoms with Crippen LogP contribution in [-0.2, 0) is 6.42 Å². The van der Waals surface area contributed by atoms with E-state index in [-0.39, 0.29) is 5.91 Å². The molecule has 1 aromatic heterocycles. The third-order valence-corrected chi connectivity index (χ3v) is 2.00. The molecule has 64 valence electrons. The van der Waals surface area contributed by atoms with Crippen LogP contribution in [0.3, 0.4) is 0 Å². The summed E-state index contributed by atoms with van der Waals surface area (Å²) in [4.78, 5) is 18.5. The Morgan fingerprint density at radius 2 is 2.33 bits per heavy atom. The van der Waals surface area contributed by atoms with E-state index in [2.05, 4.69) is 15.3 Å². The Balaban J connectivity index is 2.44. The average Bonchev–Trinajstić information content (AvgIpc) is 2.33. The number of hydrogen-bond donors (Lipinski definition) is 2. The highest BCUT2D eigenvalue weighted by Crippen LogP contribution is 2.10. The molecule has 2 rings (SSSR count). The Kier molecular flexibility index (Phi) is 1.60. The van der Waals surface area contributed by atoms with E-state index in [1.54, 1.807) is 0 Å². The van der Waals surface area contributed by atoms with Crippen LogP contribution in [0.1, 0.15) is 28.4 Å².